The number of nitrogens with two attached hydrogens (primary N) is 1. The van der Waals surface area contributed by atoms with Gasteiger partial charge in [0.05, 0.1) is 16.2 Å². The van der Waals surface area contributed by atoms with E-state index in [-0.39, 0.29) is 10.7 Å². The van der Waals surface area contributed by atoms with Gasteiger partial charge in [0, 0.05) is 6.07 Å². The molecule has 0 aliphatic heterocycles. The van der Waals surface area contributed by atoms with Crippen molar-refractivity contribution >= 4 is 23.2 Å². The van der Waals surface area contributed by atoms with Crippen LogP contribution in [0.15, 0.2) is 12.1 Å². The molecule has 1 saturated carbocycles. The third-order valence-corrected chi connectivity index (χ3v) is 3.49. The lowest BCUT2D eigenvalue weighted by Gasteiger charge is -2.22. The second-order valence-corrected chi connectivity index (χ2v) is 4.97. The van der Waals surface area contributed by atoms with Crippen molar-refractivity contribution < 1.29 is 13.6 Å². The van der Waals surface area contributed by atoms with E-state index in [1.165, 1.54) is 0 Å². The third-order valence-electron chi connectivity index (χ3n) is 3.19. The molecule has 0 atom stereocenters. The molecule has 3 nitrogen and oxygen atoms in total. The number of amides is 1. The average molecular weight is 275 g/mol. The lowest BCUT2D eigenvalue weighted by atomic mass is 9.98. The van der Waals surface area contributed by atoms with Gasteiger partial charge in [-0.2, -0.15) is 0 Å². The Bertz CT molecular complexity index is 464. The SMILES string of the molecule is NC1(C(=O)Nc2c(F)cc(F)cc2Cl)CCCC1. The largest absolute Gasteiger partial charge is 0.321 e. The molecule has 6 heteroatoms. The van der Waals surface area contributed by atoms with Crippen LogP contribution in [-0.4, -0.2) is 11.4 Å². The van der Waals surface area contributed by atoms with Crippen molar-refractivity contribution in [2.45, 2.75) is 31.2 Å². The molecule has 0 radical (unpaired) electrons. The molecule has 1 aromatic carbocycles. The van der Waals surface area contributed by atoms with E-state index in [4.69, 9.17) is 17.3 Å². The summed E-state index contributed by atoms with van der Waals surface area (Å²) in [5.41, 5.74) is 4.72. The number of hydrogen-bond acceptors (Lipinski definition) is 2. The molecule has 18 heavy (non-hydrogen) atoms. The summed E-state index contributed by atoms with van der Waals surface area (Å²) in [6.45, 7) is 0. The number of carbonyl (C=O) groups excluding carboxylic acids is 1. The monoisotopic (exact) mass is 274 g/mol. The molecule has 1 amide bonds. The van der Waals surface area contributed by atoms with Crippen LogP contribution in [0, 0.1) is 11.6 Å². The summed E-state index contributed by atoms with van der Waals surface area (Å²) in [4.78, 5) is 12.0. The van der Waals surface area contributed by atoms with Crippen LogP contribution >= 0.6 is 11.6 Å². The molecule has 2 rings (SSSR count). The lowest BCUT2D eigenvalue weighted by molar-refractivity contribution is -0.121. The molecular weight excluding hydrogens is 262 g/mol. The molecule has 0 spiro atoms. The van der Waals surface area contributed by atoms with E-state index < -0.39 is 23.1 Å². The Labute approximate surface area is 108 Å². The van der Waals surface area contributed by atoms with Crippen LogP contribution in [-0.2, 0) is 4.79 Å². The maximum Gasteiger partial charge on any atom is 0.244 e. The molecule has 1 aliphatic rings. The smallest absolute Gasteiger partial charge is 0.244 e. The molecule has 0 saturated heterocycles. The van der Waals surface area contributed by atoms with Crippen molar-refractivity contribution in [1.82, 2.24) is 0 Å². The van der Waals surface area contributed by atoms with Crippen molar-refractivity contribution in [2.75, 3.05) is 5.32 Å². The second kappa shape index (κ2) is 4.82. The van der Waals surface area contributed by atoms with Crippen LogP contribution in [0.25, 0.3) is 0 Å². The summed E-state index contributed by atoms with van der Waals surface area (Å²) in [7, 11) is 0. The van der Waals surface area contributed by atoms with Gasteiger partial charge in [0.25, 0.3) is 0 Å². The Hall–Kier alpha value is -1.20. The van der Waals surface area contributed by atoms with Crippen LogP contribution in [0.3, 0.4) is 0 Å². The number of nitrogens with one attached hydrogen (secondary N) is 1. The third kappa shape index (κ3) is 2.47. The van der Waals surface area contributed by atoms with E-state index >= 15 is 0 Å². The molecule has 98 valence electrons. The highest BCUT2D eigenvalue weighted by Crippen LogP contribution is 2.31. The minimum atomic E-state index is -0.982. The Morgan fingerprint density at radius 2 is 1.94 bits per heavy atom. The van der Waals surface area contributed by atoms with E-state index in [0.29, 0.717) is 18.9 Å². The molecule has 3 N–H and O–H groups in total. The minimum absolute atomic E-state index is 0.178. The molecule has 0 bridgehead atoms. The Morgan fingerprint density at radius 3 is 2.50 bits per heavy atom. The van der Waals surface area contributed by atoms with Gasteiger partial charge in [0.2, 0.25) is 5.91 Å². The number of hydrogen-bond donors (Lipinski definition) is 2. The molecule has 1 fully saturated rings. The van der Waals surface area contributed by atoms with E-state index in [0.717, 1.165) is 18.9 Å². The van der Waals surface area contributed by atoms with Crippen LogP contribution in [0.1, 0.15) is 25.7 Å². The van der Waals surface area contributed by atoms with Gasteiger partial charge in [-0.25, -0.2) is 8.78 Å². The van der Waals surface area contributed by atoms with Crippen molar-refractivity contribution in [1.29, 1.82) is 0 Å². The first-order chi connectivity index (χ1) is 8.42. The topological polar surface area (TPSA) is 55.1 Å². The molecule has 1 aliphatic carbocycles. The van der Waals surface area contributed by atoms with Crippen LogP contribution < -0.4 is 11.1 Å². The molecule has 0 unspecified atom stereocenters. The lowest BCUT2D eigenvalue weighted by Crippen LogP contribution is -2.48. The predicted octanol–water partition coefficient (Wildman–Crippen LogP) is 2.83. The maximum atomic E-state index is 13.5. The fourth-order valence-corrected chi connectivity index (χ4v) is 2.37. The average Bonchev–Trinajstić information content (AvgIpc) is 2.71. The highest BCUT2D eigenvalue weighted by atomic mass is 35.5. The summed E-state index contributed by atoms with van der Waals surface area (Å²) >= 11 is 5.70. The first-order valence-corrected chi connectivity index (χ1v) is 6.05. The van der Waals surface area contributed by atoms with Gasteiger partial charge in [-0.3, -0.25) is 4.79 Å². The second-order valence-electron chi connectivity index (χ2n) is 4.56. The standard InChI is InChI=1S/C12H13ClF2N2O/c13-8-5-7(14)6-9(15)10(8)17-11(18)12(16)3-1-2-4-12/h5-6H,1-4,16H2,(H,17,18). The van der Waals surface area contributed by atoms with Gasteiger partial charge in [-0.15, -0.1) is 0 Å². The highest BCUT2D eigenvalue weighted by molar-refractivity contribution is 6.33. The summed E-state index contributed by atoms with van der Waals surface area (Å²) in [5.74, 6) is -2.18. The van der Waals surface area contributed by atoms with Gasteiger partial charge in [-0.1, -0.05) is 24.4 Å². The number of rotatable bonds is 2. The minimum Gasteiger partial charge on any atom is -0.321 e. The van der Waals surface area contributed by atoms with Crippen molar-refractivity contribution in [3.63, 3.8) is 0 Å². The first-order valence-electron chi connectivity index (χ1n) is 5.67. The summed E-state index contributed by atoms with van der Waals surface area (Å²) < 4.78 is 26.4. The van der Waals surface area contributed by atoms with E-state index in [1.807, 2.05) is 0 Å². The van der Waals surface area contributed by atoms with Gasteiger partial charge < -0.3 is 11.1 Å². The molecule has 1 aromatic rings. The highest BCUT2D eigenvalue weighted by Gasteiger charge is 2.37. The van der Waals surface area contributed by atoms with E-state index in [9.17, 15) is 13.6 Å². The summed E-state index contributed by atoms with van der Waals surface area (Å²) in [6.07, 6.45) is 2.84. The molecular formula is C12H13ClF2N2O. The van der Waals surface area contributed by atoms with Crippen LogP contribution in [0.2, 0.25) is 5.02 Å². The van der Waals surface area contributed by atoms with Crippen molar-refractivity contribution in [3.8, 4) is 0 Å². The summed E-state index contributed by atoms with van der Waals surface area (Å²) in [6, 6.07) is 1.61. The summed E-state index contributed by atoms with van der Waals surface area (Å²) in [5, 5.41) is 2.17. The number of halogens is 3. The van der Waals surface area contributed by atoms with Gasteiger partial charge in [0.1, 0.15) is 5.82 Å². The predicted molar refractivity (Wildman–Crippen MR) is 65.4 cm³/mol. The van der Waals surface area contributed by atoms with Crippen molar-refractivity contribution in [2.24, 2.45) is 5.73 Å². The zero-order chi connectivity index (χ0) is 13.3. The zero-order valence-electron chi connectivity index (χ0n) is 9.60. The number of carbonyl (C=O) groups is 1. The van der Waals surface area contributed by atoms with Gasteiger partial charge >= 0.3 is 0 Å². The quantitative estimate of drug-likeness (QED) is 0.871. The number of benzene rings is 1. The Kier molecular flexibility index (Phi) is 3.54. The molecule has 0 heterocycles. The number of anilines is 1. The van der Waals surface area contributed by atoms with Gasteiger partial charge in [0.15, 0.2) is 5.82 Å². The van der Waals surface area contributed by atoms with Crippen molar-refractivity contribution in [3.05, 3.63) is 28.8 Å². The zero-order valence-corrected chi connectivity index (χ0v) is 10.4. The first kappa shape index (κ1) is 13.2. The van der Waals surface area contributed by atoms with E-state index in [1.54, 1.807) is 0 Å². The van der Waals surface area contributed by atoms with Crippen LogP contribution in [0.5, 0.6) is 0 Å². The fourth-order valence-electron chi connectivity index (χ4n) is 2.13. The van der Waals surface area contributed by atoms with Crippen LogP contribution in [0.4, 0.5) is 14.5 Å². The maximum absolute atomic E-state index is 13.5. The Balaban J connectivity index is 2.22. The molecule has 0 aromatic heterocycles. The van der Waals surface area contributed by atoms with E-state index in [2.05, 4.69) is 5.32 Å². The Morgan fingerprint density at radius 1 is 1.33 bits per heavy atom. The van der Waals surface area contributed by atoms with Gasteiger partial charge in [-0.05, 0) is 18.9 Å². The normalized spacial score (nSPS) is 17.8. The fraction of sp³-hybridized carbons (Fsp3) is 0.417.